The van der Waals surface area contributed by atoms with Crippen LogP contribution >= 0.6 is 0 Å². The largest absolute Gasteiger partial charge is 0.354 e. The number of benzene rings is 1. The van der Waals surface area contributed by atoms with Gasteiger partial charge in [-0.2, -0.15) is 4.72 Å². The van der Waals surface area contributed by atoms with E-state index in [0.717, 1.165) is 0 Å². The first kappa shape index (κ1) is 17.3. The number of rotatable bonds is 4. The minimum absolute atomic E-state index is 0.209. The van der Waals surface area contributed by atoms with Crippen molar-refractivity contribution < 1.29 is 13.2 Å². The Kier molecular flexibility index (Phi) is 4.69. The molecule has 1 atom stereocenters. The molecule has 1 aromatic heterocycles. The van der Waals surface area contributed by atoms with Crippen LogP contribution < -0.4 is 15.6 Å². The van der Waals surface area contributed by atoms with Gasteiger partial charge in [-0.15, -0.1) is 0 Å². The molecule has 3 N–H and O–H groups in total. The van der Waals surface area contributed by atoms with Crippen LogP contribution in [0.3, 0.4) is 0 Å². The molecule has 0 radical (unpaired) electrons. The molecule has 0 bridgehead atoms. The number of H-pyrrole nitrogens is 1. The van der Waals surface area contributed by atoms with Crippen molar-refractivity contribution in [2.45, 2.75) is 30.7 Å². The number of carbonyl (C=O) groups excluding carboxylic acids is 1. The summed E-state index contributed by atoms with van der Waals surface area (Å²) in [4.78, 5) is 30.7. The molecular weight excluding hydrogens is 344 g/mol. The maximum atomic E-state index is 12.3. The number of nitrogens with zero attached hydrogens (tertiary/aromatic N) is 1. The lowest BCUT2D eigenvalue weighted by atomic mass is 10.1. The van der Waals surface area contributed by atoms with E-state index in [2.05, 4.69) is 20.0 Å². The molecule has 0 spiro atoms. The van der Waals surface area contributed by atoms with E-state index in [4.69, 9.17) is 0 Å². The number of nitrogens with one attached hydrogen (secondary N) is 3. The molecule has 1 aromatic carbocycles. The highest BCUT2D eigenvalue weighted by Gasteiger charge is 2.32. The molecule has 0 unspecified atom stereocenters. The smallest absolute Gasteiger partial charge is 0.251 e. The second kappa shape index (κ2) is 6.77. The summed E-state index contributed by atoms with van der Waals surface area (Å²) in [5, 5.41) is 2.68. The number of sulfonamides is 1. The fourth-order valence-corrected chi connectivity index (χ4v) is 4.23. The third kappa shape index (κ3) is 3.94. The van der Waals surface area contributed by atoms with Gasteiger partial charge in [0.1, 0.15) is 11.9 Å². The highest BCUT2D eigenvalue weighted by atomic mass is 32.2. The predicted octanol–water partition coefficient (Wildman–Crippen LogP) is -0.360. The average Bonchev–Trinajstić information content (AvgIpc) is 2.53. The summed E-state index contributed by atoms with van der Waals surface area (Å²) in [6.07, 6.45) is 0.638. The normalized spacial score (nSPS) is 18.4. The zero-order valence-corrected chi connectivity index (χ0v) is 14.4. The lowest BCUT2D eigenvalue weighted by Gasteiger charge is -2.25. The zero-order chi connectivity index (χ0) is 18.0. The van der Waals surface area contributed by atoms with E-state index in [1.165, 1.54) is 12.1 Å². The summed E-state index contributed by atoms with van der Waals surface area (Å²) in [5.74, 6) is 0.0629. The first-order valence-electron chi connectivity index (χ1n) is 7.80. The van der Waals surface area contributed by atoms with Crippen molar-refractivity contribution in [1.82, 2.24) is 20.0 Å². The number of hydrogen-bond donors (Lipinski definition) is 3. The van der Waals surface area contributed by atoms with Gasteiger partial charge >= 0.3 is 0 Å². The third-order valence-corrected chi connectivity index (χ3v) is 5.45. The molecule has 0 aliphatic carbocycles. The lowest BCUT2D eigenvalue weighted by molar-refractivity contribution is -0.122. The molecule has 132 valence electrons. The molecule has 9 heteroatoms. The van der Waals surface area contributed by atoms with E-state index in [-0.39, 0.29) is 17.0 Å². The lowest BCUT2D eigenvalue weighted by Crippen LogP contribution is -2.50. The van der Waals surface area contributed by atoms with Gasteiger partial charge in [0.05, 0.1) is 4.90 Å². The summed E-state index contributed by atoms with van der Waals surface area (Å²) < 4.78 is 26.8. The van der Waals surface area contributed by atoms with Gasteiger partial charge in [0.25, 0.3) is 5.56 Å². The van der Waals surface area contributed by atoms with Gasteiger partial charge in [-0.3, -0.25) is 9.59 Å². The maximum Gasteiger partial charge on any atom is 0.251 e. The predicted molar refractivity (Wildman–Crippen MR) is 90.6 cm³/mol. The second-order valence-corrected chi connectivity index (χ2v) is 7.54. The van der Waals surface area contributed by atoms with Crippen LogP contribution in [0.2, 0.25) is 0 Å². The van der Waals surface area contributed by atoms with Gasteiger partial charge in [-0.1, -0.05) is 18.2 Å². The van der Waals surface area contributed by atoms with Crippen molar-refractivity contribution >= 4 is 15.9 Å². The van der Waals surface area contributed by atoms with Crippen LogP contribution in [0, 0.1) is 6.92 Å². The number of fused-ring (bicyclic) bond motifs is 1. The Morgan fingerprint density at radius 3 is 2.88 bits per heavy atom. The molecule has 1 aliphatic rings. The summed E-state index contributed by atoms with van der Waals surface area (Å²) in [7, 11) is -3.70. The van der Waals surface area contributed by atoms with Gasteiger partial charge in [0.15, 0.2) is 0 Å². The zero-order valence-electron chi connectivity index (χ0n) is 13.6. The molecule has 0 saturated heterocycles. The van der Waals surface area contributed by atoms with E-state index >= 15 is 0 Å². The van der Waals surface area contributed by atoms with Gasteiger partial charge in [-0.05, 0) is 25.0 Å². The van der Waals surface area contributed by atoms with Gasteiger partial charge in [0, 0.05) is 24.7 Å². The molecule has 3 rings (SSSR count). The van der Waals surface area contributed by atoms with Crippen LogP contribution in [0.25, 0.3) is 0 Å². The quantitative estimate of drug-likeness (QED) is 0.686. The maximum absolute atomic E-state index is 12.3. The molecule has 2 aromatic rings. The minimum Gasteiger partial charge on any atom is -0.354 e. The highest BCUT2D eigenvalue weighted by molar-refractivity contribution is 7.89. The summed E-state index contributed by atoms with van der Waals surface area (Å²) in [6, 6.07) is 7.14. The van der Waals surface area contributed by atoms with Crippen molar-refractivity contribution in [1.29, 1.82) is 0 Å². The molecule has 8 nitrogen and oxygen atoms in total. The Balaban J connectivity index is 1.64. The number of hydrogen-bond acceptors (Lipinski definition) is 5. The Labute approximate surface area is 144 Å². The van der Waals surface area contributed by atoms with Gasteiger partial charge in [-0.25, -0.2) is 13.4 Å². The van der Waals surface area contributed by atoms with Crippen LogP contribution in [0.4, 0.5) is 0 Å². The summed E-state index contributed by atoms with van der Waals surface area (Å²) in [5.41, 5.74) is 0.971. The van der Waals surface area contributed by atoms with Crippen LogP contribution in [0.1, 0.15) is 17.1 Å². The molecule has 0 saturated carbocycles. The molecule has 1 amide bonds. The summed E-state index contributed by atoms with van der Waals surface area (Å²) >= 11 is 0. The van der Waals surface area contributed by atoms with E-state index in [1.807, 2.05) is 0 Å². The van der Waals surface area contributed by atoms with Crippen molar-refractivity contribution in [2.24, 2.45) is 0 Å². The number of aromatic amines is 1. The molecular formula is C16H18N4O4S. The van der Waals surface area contributed by atoms with Crippen LogP contribution in [-0.4, -0.2) is 36.9 Å². The molecule has 25 heavy (non-hydrogen) atoms. The number of aromatic nitrogens is 2. The van der Waals surface area contributed by atoms with Crippen LogP contribution in [0.15, 0.2) is 40.0 Å². The first-order valence-corrected chi connectivity index (χ1v) is 9.28. The Hall–Kier alpha value is -2.52. The van der Waals surface area contributed by atoms with Gasteiger partial charge < -0.3 is 10.3 Å². The Morgan fingerprint density at radius 1 is 1.36 bits per heavy atom. The van der Waals surface area contributed by atoms with Crippen molar-refractivity contribution in [3.05, 3.63) is 57.8 Å². The fourth-order valence-electron chi connectivity index (χ4n) is 2.78. The second-order valence-electron chi connectivity index (χ2n) is 5.86. The third-order valence-electron chi connectivity index (χ3n) is 3.88. The SMILES string of the molecule is Cc1cc(=O)[nH]c(CCNC(=O)[C@H]2Cc3ccccc3S(=O)(=O)N2)n1. The van der Waals surface area contributed by atoms with Crippen LogP contribution in [-0.2, 0) is 27.7 Å². The van der Waals surface area contributed by atoms with E-state index < -0.39 is 22.0 Å². The Bertz CT molecular complexity index is 968. The van der Waals surface area contributed by atoms with Crippen molar-refractivity contribution in [3.8, 4) is 0 Å². The van der Waals surface area contributed by atoms with Crippen molar-refractivity contribution in [2.75, 3.05) is 6.54 Å². The van der Waals surface area contributed by atoms with E-state index in [0.29, 0.717) is 29.9 Å². The number of carbonyl (C=O) groups is 1. The Morgan fingerprint density at radius 2 is 2.12 bits per heavy atom. The van der Waals surface area contributed by atoms with Crippen molar-refractivity contribution in [3.63, 3.8) is 0 Å². The summed E-state index contributed by atoms with van der Waals surface area (Å²) in [6.45, 7) is 1.96. The topological polar surface area (TPSA) is 121 Å². The van der Waals surface area contributed by atoms with E-state index in [9.17, 15) is 18.0 Å². The molecule has 0 fully saturated rings. The highest BCUT2D eigenvalue weighted by Crippen LogP contribution is 2.22. The number of aryl methyl sites for hydroxylation is 1. The standard InChI is InChI=1S/C16H18N4O4S/c1-10-8-15(21)19-14(18-10)6-7-17-16(22)12-9-11-4-2-3-5-13(11)25(23,24)20-12/h2-5,8,12,20H,6-7,9H2,1H3,(H,17,22)(H,18,19,21)/t12-/m1/s1. The molecule has 1 aliphatic heterocycles. The molecule has 2 heterocycles. The average molecular weight is 362 g/mol. The van der Waals surface area contributed by atoms with E-state index in [1.54, 1.807) is 25.1 Å². The minimum atomic E-state index is -3.70. The first-order chi connectivity index (χ1) is 11.8. The fraction of sp³-hybridized carbons (Fsp3) is 0.312. The monoisotopic (exact) mass is 362 g/mol. The van der Waals surface area contributed by atoms with Crippen LogP contribution in [0.5, 0.6) is 0 Å². The number of amides is 1. The van der Waals surface area contributed by atoms with Gasteiger partial charge in [0.2, 0.25) is 15.9 Å².